The fourth-order valence-electron chi connectivity index (χ4n) is 4.09. The summed E-state index contributed by atoms with van der Waals surface area (Å²) in [6, 6.07) is 14.2. The Morgan fingerprint density at radius 2 is 1.73 bits per heavy atom. The normalized spacial score (nSPS) is 15.7. The van der Waals surface area contributed by atoms with Crippen LogP contribution in [0.3, 0.4) is 0 Å². The minimum Gasteiger partial charge on any atom is -0.497 e. The second-order valence-corrected chi connectivity index (χ2v) is 8.02. The molecule has 8 heteroatoms. The van der Waals surface area contributed by atoms with E-state index in [2.05, 4.69) is 10.4 Å². The van der Waals surface area contributed by atoms with E-state index in [0.717, 1.165) is 19.3 Å². The lowest BCUT2D eigenvalue weighted by atomic mass is 10.0. The van der Waals surface area contributed by atoms with Crippen LogP contribution in [0, 0.1) is 0 Å². The number of anilines is 1. The van der Waals surface area contributed by atoms with Crippen LogP contribution in [0.2, 0.25) is 0 Å². The van der Waals surface area contributed by atoms with Gasteiger partial charge in [-0.3, -0.25) is 14.3 Å². The number of hydrogen-bond donors (Lipinski definition) is 1. The summed E-state index contributed by atoms with van der Waals surface area (Å²) >= 11 is 0. The second kappa shape index (κ2) is 10.2. The Kier molecular flexibility index (Phi) is 6.92. The van der Waals surface area contributed by atoms with Gasteiger partial charge in [0.2, 0.25) is 0 Å². The van der Waals surface area contributed by atoms with Crippen molar-refractivity contribution >= 4 is 17.5 Å². The summed E-state index contributed by atoms with van der Waals surface area (Å²) in [6.07, 6.45) is 6.36. The Bertz CT molecular complexity index is 1130. The number of nitrogens with zero attached hydrogens (tertiary/aromatic N) is 3. The molecule has 0 bridgehead atoms. The summed E-state index contributed by atoms with van der Waals surface area (Å²) in [6.45, 7) is 1.27. The molecule has 33 heavy (non-hydrogen) atoms. The molecule has 0 radical (unpaired) electrons. The fourth-order valence-corrected chi connectivity index (χ4v) is 4.09. The number of rotatable bonds is 7. The number of likely N-dealkylation sites (tertiary alicyclic amines) is 1. The smallest absolute Gasteiger partial charge is 0.255 e. The van der Waals surface area contributed by atoms with Crippen molar-refractivity contribution in [1.82, 2.24) is 14.7 Å². The summed E-state index contributed by atoms with van der Waals surface area (Å²) in [5, 5.41) is 7.27. The maximum atomic E-state index is 13.2. The van der Waals surface area contributed by atoms with Crippen molar-refractivity contribution in [3.05, 3.63) is 72.1 Å². The van der Waals surface area contributed by atoms with Crippen molar-refractivity contribution in [3.8, 4) is 11.5 Å². The summed E-state index contributed by atoms with van der Waals surface area (Å²) < 4.78 is 12.2. The molecule has 1 saturated heterocycles. The molecule has 8 nitrogen and oxygen atoms in total. The number of methoxy groups -OCH3 is 2. The minimum absolute atomic E-state index is 0.00249. The van der Waals surface area contributed by atoms with Gasteiger partial charge in [-0.1, -0.05) is 12.1 Å². The molecule has 0 saturated carbocycles. The quantitative estimate of drug-likeness (QED) is 0.593. The van der Waals surface area contributed by atoms with E-state index in [-0.39, 0.29) is 17.9 Å². The van der Waals surface area contributed by atoms with Crippen LogP contribution in [-0.2, 0) is 6.54 Å². The predicted octanol–water partition coefficient (Wildman–Crippen LogP) is 3.85. The number of aromatic nitrogens is 2. The molecule has 0 aliphatic carbocycles. The van der Waals surface area contributed by atoms with Gasteiger partial charge in [0.25, 0.3) is 11.8 Å². The molecule has 1 aromatic heterocycles. The van der Waals surface area contributed by atoms with Gasteiger partial charge in [-0.2, -0.15) is 5.10 Å². The average molecular weight is 449 g/mol. The van der Waals surface area contributed by atoms with Gasteiger partial charge in [-0.15, -0.1) is 0 Å². The number of nitrogens with one attached hydrogen (secondary N) is 1. The first-order chi connectivity index (χ1) is 16.1. The second-order valence-electron chi connectivity index (χ2n) is 8.02. The van der Waals surface area contributed by atoms with Crippen LogP contribution in [0.1, 0.15) is 40.0 Å². The van der Waals surface area contributed by atoms with Crippen molar-refractivity contribution in [1.29, 1.82) is 0 Å². The number of benzene rings is 2. The van der Waals surface area contributed by atoms with E-state index in [1.54, 1.807) is 61.6 Å². The SMILES string of the molecule is COc1cccc(C(=O)Nc2cnn(C[C@H]3CCCCN3C(=O)c3cccc(OC)c3)c2)c1. The maximum absolute atomic E-state index is 13.2. The summed E-state index contributed by atoms with van der Waals surface area (Å²) in [5.41, 5.74) is 1.72. The number of ether oxygens (including phenoxy) is 2. The zero-order valence-corrected chi connectivity index (χ0v) is 18.9. The molecule has 1 N–H and O–H groups in total. The molecule has 1 aliphatic rings. The van der Waals surface area contributed by atoms with Crippen LogP contribution in [-0.4, -0.2) is 53.3 Å². The Balaban J connectivity index is 1.43. The lowest BCUT2D eigenvalue weighted by Gasteiger charge is -2.35. The third kappa shape index (κ3) is 5.34. The summed E-state index contributed by atoms with van der Waals surface area (Å²) in [4.78, 5) is 27.7. The summed E-state index contributed by atoms with van der Waals surface area (Å²) in [7, 11) is 3.16. The average Bonchev–Trinajstić information content (AvgIpc) is 3.30. The van der Waals surface area contributed by atoms with Gasteiger partial charge < -0.3 is 19.7 Å². The van der Waals surface area contributed by atoms with E-state index in [4.69, 9.17) is 9.47 Å². The van der Waals surface area contributed by atoms with Crippen molar-refractivity contribution in [2.75, 3.05) is 26.1 Å². The molecule has 1 fully saturated rings. The van der Waals surface area contributed by atoms with E-state index in [0.29, 0.717) is 41.4 Å². The number of carbonyl (C=O) groups is 2. The standard InChI is InChI=1S/C25H28N4O4/c1-32-22-10-5-7-18(13-22)24(30)27-20-15-26-28(16-20)17-21-9-3-4-12-29(21)25(31)19-8-6-11-23(14-19)33-2/h5-8,10-11,13-16,21H,3-4,9,12,17H2,1-2H3,(H,27,30)/t21-/m1/s1. The molecule has 1 atom stereocenters. The zero-order valence-electron chi connectivity index (χ0n) is 18.9. The molecule has 3 aromatic rings. The van der Waals surface area contributed by atoms with Gasteiger partial charge in [0, 0.05) is 23.9 Å². The van der Waals surface area contributed by atoms with Gasteiger partial charge in [0.1, 0.15) is 11.5 Å². The number of hydrogen-bond acceptors (Lipinski definition) is 5. The van der Waals surface area contributed by atoms with Crippen molar-refractivity contribution in [2.45, 2.75) is 31.8 Å². The molecular weight excluding hydrogens is 420 g/mol. The first-order valence-corrected chi connectivity index (χ1v) is 11.0. The Labute approximate surface area is 193 Å². The van der Waals surface area contributed by atoms with Gasteiger partial charge >= 0.3 is 0 Å². The highest BCUT2D eigenvalue weighted by molar-refractivity contribution is 6.04. The first-order valence-electron chi connectivity index (χ1n) is 11.0. The van der Waals surface area contributed by atoms with Crippen LogP contribution >= 0.6 is 0 Å². The fraction of sp³-hybridized carbons (Fsp3) is 0.320. The molecular formula is C25H28N4O4. The Hall–Kier alpha value is -3.81. The molecule has 2 heterocycles. The molecule has 4 rings (SSSR count). The highest BCUT2D eigenvalue weighted by Crippen LogP contribution is 2.23. The Morgan fingerprint density at radius 3 is 2.45 bits per heavy atom. The van der Waals surface area contributed by atoms with E-state index in [9.17, 15) is 9.59 Å². The van der Waals surface area contributed by atoms with Crippen LogP contribution in [0.5, 0.6) is 11.5 Å². The number of piperidine rings is 1. The van der Waals surface area contributed by atoms with Crippen LogP contribution in [0.25, 0.3) is 0 Å². The molecule has 0 spiro atoms. The van der Waals surface area contributed by atoms with Gasteiger partial charge in [0.05, 0.1) is 38.7 Å². The van der Waals surface area contributed by atoms with Gasteiger partial charge in [-0.05, 0) is 55.7 Å². The van der Waals surface area contributed by atoms with E-state index in [1.165, 1.54) is 0 Å². The van der Waals surface area contributed by atoms with Crippen molar-refractivity contribution in [3.63, 3.8) is 0 Å². The monoisotopic (exact) mass is 448 g/mol. The summed E-state index contributed by atoms with van der Waals surface area (Å²) in [5.74, 6) is 1.05. The number of carbonyl (C=O) groups excluding carboxylic acids is 2. The lowest BCUT2D eigenvalue weighted by Crippen LogP contribution is -2.45. The van der Waals surface area contributed by atoms with Crippen LogP contribution in [0.4, 0.5) is 5.69 Å². The molecule has 172 valence electrons. The zero-order chi connectivity index (χ0) is 23.2. The van der Waals surface area contributed by atoms with Gasteiger partial charge in [0.15, 0.2) is 0 Å². The Morgan fingerprint density at radius 1 is 1.03 bits per heavy atom. The molecule has 2 amide bonds. The number of amides is 2. The first kappa shape index (κ1) is 22.4. The van der Waals surface area contributed by atoms with Gasteiger partial charge in [-0.25, -0.2) is 0 Å². The maximum Gasteiger partial charge on any atom is 0.255 e. The van der Waals surface area contributed by atoms with Crippen LogP contribution in [0.15, 0.2) is 60.9 Å². The van der Waals surface area contributed by atoms with Crippen molar-refractivity contribution in [2.24, 2.45) is 0 Å². The van der Waals surface area contributed by atoms with E-state index in [1.807, 2.05) is 23.1 Å². The molecule has 0 unspecified atom stereocenters. The highest BCUT2D eigenvalue weighted by atomic mass is 16.5. The largest absolute Gasteiger partial charge is 0.497 e. The predicted molar refractivity (Wildman–Crippen MR) is 125 cm³/mol. The molecule has 2 aromatic carbocycles. The van der Waals surface area contributed by atoms with Crippen LogP contribution < -0.4 is 14.8 Å². The minimum atomic E-state index is -0.235. The highest BCUT2D eigenvalue weighted by Gasteiger charge is 2.28. The van der Waals surface area contributed by atoms with E-state index < -0.39 is 0 Å². The van der Waals surface area contributed by atoms with E-state index >= 15 is 0 Å². The van der Waals surface area contributed by atoms with Crippen molar-refractivity contribution < 1.29 is 19.1 Å². The topological polar surface area (TPSA) is 85.7 Å². The molecule has 1 aliphatic heterocycles. The third-order valence-electron chi connectivity index (χ3n) is 5.83. The lowest BCUT2D eigenvalue weighted by molar-refractivity contribution is 0.0583. The third-order valence-corrected chi connectivity index (χ3v) is 5.83.